The van der Waals surface area contributed by atoms with Crippen molar-refractivity contribution in [3.63, 3.8) is 0 Å². The number of rotatable bonds is 6. The van der Waals surface area contributed by atoms with Gasteiger partial charge in [0.2, 0.25) is 5.91 Å². The van der Waals surface area contributed by atoms with Gasteiger partial charge in [-0.2, -0.15) is 0 Å². The van der Waals surface area contributed by atoms with Crippen LogP contribution in [0, 0.1) is 5.82 Å². The molecule has 8 heteroatoms. The third-order valence-corrected chi connectivity index (χ3v) is 3.39. The van der Waals surface area contributed by atoms with E-state index in [1.165, 1.54) is 12.1 Å². The molecule has 1 saturated heterocycles. The molecule has 126 valence electrons. The highest BCUT2D eigenvalue weighted by Crippen LogP contribution is 2.22. The monoisotopic (exact) mass is 353 g/mol. The zero-order valence-electron chi connectivity index (χ0n) is 12.4. The first-order valence-corrected chi connectivity index (χ1v) is 6.68. The summed E-state index contributed by atoms with van der Waals surface area (Å²) in [6.45, 7) is 2.19. The summed E-state index contributed by atoms with van der Waals surface area (Å²) < 4.78 is 18.2. The Bertz CT molecular complexity index is 471. The van der Waals surface area contributed by atoms with Crippen LogP contribution in [0.4, 0.5) is 10.1 Å². The molecule has 0 spiro atoms. The lowest BCUT2D eigenvalue weighted by Gasteiger charge is -2.29. The van der Waals surface area contributed by atoms with Gasteiger partial charge in [0.25, 0.3) is 0 Å². The van der Waals surface area contributed by atoms with Crippen LogP contribution in [-0.2, 0) is 9.53 Å². The van der Waals surface area contributed by atoms with Gasteiger partial charge in [-0.05, 0) is 31.2 Å². The fraction of sp³-hybridized carbons (Fsp3) is 0.500. The normalized spacial score (nSPS) is 19.7. The van der Waals surface area contributed by atoms with Gasteiger partial charge in [0.05, 0.1) is 6.61 Å². The number of anilines is 1. The molecular weight excluding hydrogens is 332 g/mol. The number of nitrogens with one attached hydrogen (secondary N) is 3. The van der Waals surface area contributed by atoms with Gasteiger partial charge in [0.15, 0.2) is 0 Å². The number of benzene rings is 1. The maximum Gasteiger partial charge on any atom is 0.247 e. The van der Waals surface area contributed by atoms with Crippen LogP contribution in [0.3, 0.4) is 0 Å². The van der Waals surface area contributed by atoms with E-state index in [-0.39, 0.29) is 36.5 Å². The van der Waals surface area contributed by atoms with Gasteiger partial charge in [-0.1, -0.05) is 6.07 Å². The van der Waals surface area contributed by atoms with Crippen LogP contribution in [-0.4, -0.2) is 44.8 Å². The van der Waals surface area contributed by atoms with Gasteiger partial charge in [-0.25, -0.2) is 4.39 Å². The minimum atomic E-state index is -0.735. The molecule has 1 heterocycles. The van der Waals surface area contributed by atoms with Crippen LogP contribution in [0.2, 0.25) is 0 Å². The molecule has 1 aliphatic rings. The molecule has 0 aliphatic carbocycles. The zero-order chi connectivity index (χ0) is 14.4. The molecule has 1 unspecified atom stereocenters. The second kappa shape index (κ2) is 9.84. The van der Waals surface area contributed by atoms with Gasteiger partial charge >= 0.3 is 0 Å². The Balaban J connectivity index is 0.00000220. The van der Waals surface area contributed by atoms with Crippen molar-refractivity contribution in [2.24, 2.45) is 0 Å². The molecule has 1 fully saturated rings. The molecule has 22 heavy (non-hydrogen) atoms. The molecule has 1 aromatic rings. The van der Waals surface area contributed by atoms with Crippen molar-refractivity contribution in [2.45, 2.75) is 12.0 Å². The lowest BCUT2D eigenvalue weighted by atomic mass is 9.96. The van der Waals surface area contributed by atoms with Crippen LogP contribution in [0.15, 0.2) is 24.3 Å². The highest BCUT2D eigenvalue weighted by Gasteiger charge is 2.41. The highest BCUT2D eigenvalue weighted by molar-refractivity contribution is 5.90. The Labute approximate surface area is 142 Å². The Morgan fingerprint density at radius 3 is 2.82 bits per heavy atom. The van der Waals surface area contributed by atoms with Gasteiger partial charge in [-0.15, -0.1) is 24.8 Å². The van der Waals surface area contributed by atoms with E-state index in [0.29, 0.717) is 31.8 Å². The zero-order valence-corrected chi connectivity index (χ0v) is 14.0. The van der Waals surface area contributed by atoms with Crippen molar-refractivity contribution < 1.29 is 13.9 Å². The Kier molecular flexibility index (Phi) is 9.36. The van der Waals surface area contributed by atoms with Crippen molar-refractivity contribution in [1.29, 1.82) is 0 Å². The molecule has 0 radical (unpaired) electrons. The number of methoxy groups -OCH3 is 1. The number of hydrogen-bond acceptors (Lipinski definition) is 4. The molecule has 5 nitrogen and oxygen atoms in total. The van der Waals surface area contributed by atoms with E-state index in [9.17, 15) is 9.18 Å². The minimum absolute atomic E-state index is 0. The van der Waals surface area contributed by atoms with E-state index < -0.39 is 5.54 Å². The third-order valence-electron chi connectivity index (χ3n) is 3.39. The van der Waals surface area contributed by atoms with Crippen molar-refractivity contribution in [1.82, 2.24) is 10.6 Å². The van der Waals surface area contributed by atoms with Gasteiger partial charge in [-0.3, -0.25) is 4.79 Å². The third kappa shape index (κ3) is 5.28. The molecule has 1 amide bonds. The summed E-state index contributed by atoms with van der Waals surface area (Å²) in [5.74, 6) is -0.417. The Morgan fingerprint density at radius 2 is 2.23 bits per heavy atom. The molecular formula is C14H22Cl2FN3O2. The molecule has 1 aromatic carbocycles. The van der Waals surface area contributed by atoms with E-state index >= 15 is 0 Å². The van der Waals surface area contributed by atoms with Crippen molar-refractivity contribution in [2.75, 3.05) is 38.7 Å². The van der Waals surface area contributed by atoms with E-state index in [4.69, 9.17) is 4.74 Å². The molecule has 2 rings (SSSR count). The second-order valence-corrected chi connectivity index (χ2v) is 4.89. The highest BCUT2D eigenvalue weighted by atomic mass is 35.5. The van der Waals surface area contributed by atoms with Crippen LogP contribution in [0.5, 0.6) is 0 Å². The molecule has 1 atom stereocenters. The number of amides is 1. The summed E-state index contributed by atoms with van der Waals surface area (Å²) in [6.07, 6.45) is 0.655. The van der Waals surface area contributed by atoms with Crippen LogP contribution >= 0.6 is 24.8 Å². The van der Waals surface area contributed by atoms with Crippen molar-refractivity contribution >= 4 is 36.4 Å². The largest absolute Gasteiger partial charge is 0.383 e. The van der Waals surface area contributed by atoms with E-state index in [1.54, 1.807) is 19.2 Å². The first-order valence-electron chi connectivity index (χ1n) is 6.68. The average molecular weight is 354 g/mol. The van der Waals surface area contributed by atoms with Crippen LogP contribution in [0.25, 0.3) is 0 Å². The number of hydrogen-bond donors (Lipinski definition) is 3. The van der Waals surface area contributed by atoms with Crippen molar-refractivity contribution in [3.8, 4) is 0 Å². The van der Waals surface area contributed by atoms with E-state index in [0.717, 1.165) is 6.54 Å². The first kappa shape index (κ1) is 20.9. The SMILES string of the molecule is COCCNC(=O)C1(Nc2cccc(F)c2)CCNC1.Cl.Cl. The lowest BCUT2D eigenvalue weighted by molar-refractivity contribution is -0.125. The average Bonchev–Trinajstić information content (AvgIpc) is 2.89. The van der Waals surface area contributed by atoms with Gasteiger partial charge < -0.3 is 20.7 Å². The summed E-state index contributed by atoms with van der Waals surface area (Å²) in [4.78, 5) is 12.4. The molecule has 1 aliphatic heterocycles. The summed E-state index contributed by atoms with van der Waals surface area (Å²) >= 11 is 0. The van der Waals surface area contributed by atoms with Gasteiger partial charge in [0.1, 0.15) is 11.4 Å². The Hall–Kier alpha value is -1.08. The van der Waals surface area contributed by atoms with E-state index in [1.807, 2.05) is 0 Å². The van der Waals surface area contributed by atoms with E-state index in [2.05, 4.69) is 16.0 Å². The maximum atomic E-state index is 13.2. The molecule has 3 N–H and O–H groups in total. The maximum absolute atomic E-state index is 13.2. The fourth-order valence-corrected chi connectivity index (χ4v) is 2.33. The predicted molar refractivity (Wildman–Crippen MR) is 89.6 cm³/mol. The second-order valence-electron chi connectivity index (χ2n) is 4.89. The molecule has 0 aromatic heterocycles. The quantitative estimate of drug-likeness (QED) is 0.679. The van der Waals surface area contributed by atoms with Gasteiger partial charge in [0, 0.05) is 25.9 Å². The number of ether oxygens (including phenoxy) is 1. The minimum Gasteiger partial charge on any atom is -0.383 e. The predicted octanol–water partition coefficient (Wildman–Crippen LogP) is 1.58. The Morgan fingerprint density at radius 1 is 1.45 bits per heavy atom. The number of carbonyl (C=O) groups is 1. The van der Waals surface area contributed by atoms with Crippen LogP contribution < -0.4 is 16.0 Å². The standard InChI is InChI=1S/C14H20FN3O2.2ClH/c1-20-8-7-17-13(19)14(5-6-16-10-14)18-12-4-2-3-11(15)9-12;;/h2-4,9,16,18H,5-8,10H2,1H3,(H,17,19);2*1H. The molecule has 0 bridgehead atoms. The smallest absolute Gasteiger partial charge is 0.247 e. The van der Waals surface area contributed by atoms with Crippen LogP contribution in [0.1, 0.15) is 6.42 Å². The summed E-state index contributed by atoms with van der Waals surface area (Å²) in [5, 5.41) is 9.18. The molecule has 0 saturated carbocycles. The fourth-order valence-electron chi connectivity index (χ4n) is 2.33. The topological polar surface area (TPSA) is 62.4 Å². The lowest BCUT2D eigenvalue weighted by Crippen LogP contribution is -2.54. The summed E-state index contributed by atoms with van der Waals surface area (Å²) in [7, 11) is 1.59. The number of carbonyl (C=O) groups excluding carboxylic acids is 1. The van der Waals surface area contributed by atoms with Crippen molar-refractivity contribution in [3.05, 3.63) is 30.1 Å². The summed E-state index contributed by atoms with van der Waals surface area (Å²) in [5.41, 5.74) is -0.128. The summed E-state index contributed by atoms with van der Waals surface area (Å²) in [6, 6.07) is 6.15. The first-order chi connectivity index (χ1) is 9.66. The number of halogens is 3.